The second-order valence-corrected chi connectivity index (χ2v) is 4.04. The number of aryl methyl sites for hydroxylation is 1. The SMILES string of the molecule is CCCn1cc(-c2ccc(CNCC)o2)cn1. The second kappa shape index (κ2) is 5.68. The van der Waals surface area contributed by atoms with Gasteiger partial charge in [-0.25, -0.2) is 0 Å². The van der Waals surface area contributed by atoms with Crippen LogP contribution in [0.15, 0.2) is 28.9 Å². The fourth-order valence-corrected chi connectivity index (χ4v) is 1.72. The number of aromatic nitrogens is 2. The van der Waals surface area contributed by atoms with E-state index in [1.165, 1.54) is 0 Å². The molecule has 4 nitrogen and oxygen atoms in total. The Kier molecular flexibility index (Phi) is 3.98. The zero-order valence-corrected chi connectivity index (χ0v) is 10.4. The highest BCUT2D eigenvalue weighted by atomic mass is 16.3. The lowest BCUT2D eigenvalue weighted by Gasteiger charge is -1.97. The summed E-state index contributed by atoms with van der Waals surface area (Å²) in [5.41, 5.74) is 1.04. The van der Waals surface area contributed by atoms with Gasteiger partial charge in [0.25, 0.3) is 0 Å². The van der Waals surface area contributed by atoms with Gasteiger partial charge in [-0.3, -0.25) is 4.68 Å². The zero-order chi connectivity index (χ0) is 12.1. The van der Waals surface area contributed by atoms with Crippen molar-refractivity contribution in [3.05, 3.63) is 30.3 Å². The molecule has 17 heavy (non-hydrogen) atoms. The first kappa shape index (κ1) is 11.9. The van der Waals surface area contributed by atoms with Crippen molar-refractivity contribution in [2.75, 3.05) is 6.54 Å². The lowest BCUT2D eigenvalue weighted by molar-refractivity contribution is 0.498. The number of rotatable bonds is 6. The molecule has 0 unspecified atom stereocenters. The Hall–Kier alpha value is -1.55. The molecule has 2 aromatic rings. The van der Waals surface area contributed by atoms with Gasteiger partial charge >= 0.3 is 0 Å². The topological polar surface area (TPSA) is 43.0 Å². The van der Waals surface area contributed by atoms with Crippen LogP contribution in [0.3, 0.4) is 0 Å². The summed E-state index contributed by atoms with van der Waals surface area (Å²) < 4.78 is 7.69. The number of nitrogens with one attached hydrogen (secondary N) is 1. The van der Waals surface area contributed by atoms with E-state index in [1.54, 1.807) is 0 Å². The van der Waals surface area contributed by atoms with E-state index in [-0.39, 0.29) is 0 Å². The molecular weight excluding hydrogens is 214 g/mol. The molecule has 0 fully saturated rings. The van der Waals surface area contributed by atoms with Gasteiger partial charge in [0.05, 0.1) is 18.3 Å². The normalized spacial score (nSPS) is 10.9. The second-order valence-electron chi connectivity index (χ2n) is 4.04. The fourth-order valence-electron chi connectivity index (χ4n) is 1.72. The molecule has 0 saturated carbocycles. The Balaban J connectivity index is 2.07. The maximum atomic E-state index is 5.75. The van der Waals surface area contributed by atoms with Gasteiger partial charge in [0.15, 0.2) is 0 Å². The van der Waals surface area contributed by atoms with E-state index in [0.717, 1.165) is 43.1 Å². The molecule has 4 heteroatoms. The van der Waals surface area contributed by atoms with Crippen LogP contribution in [-0.2, 0) is 13.1 Å². The Bertz CT molecular complexity index is 459. The van der Waals surface area contributed by atoms with Crippen LogP contribution in [0, 0.1) is 0 Å². The summed E-state index contributed by atoms with van der Waals surface area (Å²) >= 11 is 0. The number of hydrogen-bond donors (Lipinski definition) is 1. The van der Waals surface area contributed by atoms with E-state index in [4.69, 9.17) is 4.42 Å². The van der Waals surface area contributed by atoms with E-state index in [1.807, 2.05) is 29.2 Å². The molecule has 0 atom stereocenters. The summed E-state index contributed by atoms with van der Waals surface area (Å²) in [4.78, 5) is 0. The lowest BCUT2D eigenvalue weighted by atomic mass is 10.3. The lowest BCUT2D eigenvalue weighted by Crippen LogP contribution is -2.10. The molecule has 0 aromatic carbocycles. The first-order valence-electron chi connectivity index (χ1n) is 6.15. The van der Waals surface area contributed by atoms with E-state index in [9.17, 15) is 0 Å². The molecule has 0 saturated heterocycles. The molecule has 2 aromatic heterocycles. The van der Waals surface area contributed by atoms with Crippen molar-refractivity contribution in [2.24, 2.45) is 0 Å². The predicted molar refractivity (Wildman–Crippen MR) is 67.6 cm³/mol. The van der Waals surface area contributed by atoms with E-state index in [2.05, 4.69) is 24.3 Å². The molecule has 92 valence electrons. The maximum Gasteiger partial charge on any atom is 0.137 e. The van der Waals surface area contributed by atoms with Gasteiger partial charge in [-0.2, -0.15) is 5.10 Å². The van der Waals surface area contributed by atoms with Crippen LogP contribution in [0.25, 0.3) is 11.3 Å². The Labute approximate surface area is 102 Å². The first-order valence-corrected chi connectivity index (χ1v) is 6.15. The molecule has 0 radical (unpaired) electrons. The summed E-state index contributed by atoms with van der Waals surface area (Å²) in [6.45, 7) is 6.90. The largest absolute Gasteiger partial charge is 0.460 e. The van der Waals surface area contributed by atoms with Crippen LogP contribution in [0.4, 0.5) is 0 Å². The predicted octanol–water partition coefficient (Wildman–Crippen LogP) is 2.66. The molecule has 0 aliphatic carbocycles. The van der Waals surface area contributed by atoms with Gasteiger partial charge in [0.2, 0.25) is 0 Å². The van der Waals surface area contributed by atoms with E-state index in [0.29, 0.717) is 0 Å². The van der Waals surface area contributed by atoms with Crippen molar-refractivity contribution >= 4 is 0 Å². The average molecular weight is 233 g/mol. The van der Waals surface area contributed by atoms with Crippen LogP contribution in [0.2, 0.25) is 0 Å². The van der Waals surface area contributed by atoms with Crippen LogP contribution in [-0.4, -0.2) is 16.3 Å². The summed E-state index contributed by atoms with van der Waals surface area (Å²) in [6.07, 6.45) is 4.97. The van der Waals surface area contributed by atoms with Crippen molar-refractivity contribution < 1.29 is 4.42 Å². The van der Waals surface area contributed by atoms with E-state index >= 15 is 0 Å². The molecule has 2 rings (SSSR count). The average Bonchev–Trinajstić information content (AvgIpc) is 2.95. The third-order valence-corrected chi connectivity index (χ3v) is 2.58. The minimum Gasteiger partial charge on any atom is -0.460 e. The zero-order valence-electron chi connectivity index (χ0n) is 10.4. The van der Waals surface area contributed by atoms with Crippen molar-refractivity contribution in [3.63, 3.8) is 0 Å². The van der Waals surface area contributed by atoms with Gasteiger partial charge in [0.1, 0.15) is 11.5 Å². The Morgan fingerprint density at radius 1 is 1.35 bits per heavy atom. The van der Waals surface area contributed by atoms with Crippen LogP contribution in [0.1, 0.15) is 26.0 Å². The smallest absolute Gasteiger partial charge is 0.137 e. The summed E-state index contributed by atoms with van der Waals surface area (Å²) in [7, 11) is 0. The van der Waals surface area contributed by atoms with Crippen LogP contribution < -0.4 is 5.32 Å². The van der Waals surface area contributed by atoms with Crippen LogP contribution >= 0.6 is 0 Å². The van der Waals surface area contributed by atoms with Crippen molar-refractivity contribution in [1.82, 2.24) is 15.1 Å². The summed E-state index contributed by atoms with van der Waals surface area (Å²) in [6, 6.07) is 4.01. The quantitative estimate of drug-likeness (QED) is 0.834. The molecule has 0 aliphatic heterocycles. The van der Waals surface area contributed by atoms with Crippen LogP contribution in [0.5, 0.6) is 0 Å². The Morgan fingerprint density at radius 2 is 2.24 bits per heavy atom. The van der Waals surface area contributed by atoms with Gasteiger partial charge in [0, 0.05) is 12.7 Å². The molecule has 2 heterocycles. The van der Waals surface area contributed by atoms with Gasteiger partial charge in [-0.05, 0) is 25.1 Å². The third kappa shape index (κ3) is 2.97. The van der Waals surface area contributed by atoms with Gasteiger partial charge < -0.3 is 9.73 Å². The molecule has 0 spiro atoms. The first-order chi connectivity index (χ1) is 8.33. The highest BCUT2D eigenvalue weighted by molar-refractivity contribution is 5.55. The summed E-state index contributed by atoms with van der Waals surface area (Å²) in [5.74, 6) is 1.85. The number of hydrogen-bond acceptors (Lipinski definition) is 3. The number of furan rings is 1. The molecule has 0 amide bonds. The third-order valence-electron chi connectivity index (χ3n) is 2.58. The highest BCUT2D eigenvalue weighted by Crippen LogP contribution is 2.21. The fraction of sp³-hybridized carbons (Fsp3) is 0.462. The molecule has 0 aliphatic rings. The highest BCUT2D eigenvalue weighted by Gasteiger charge is 2.06. The Morgan fingerprint density at radius 3 is 3.00 bits per heavy atom. The summed E-state index contributed by atoms with van der Waals surface area (Å²) in [5, 5.41) is 7.54. The maximum absolute atomic E-state index is 5.75. The minimum absolute atomic E-state index is 0.777. The standard InChI is InChI=1S/C13H19N3O/c1-3-7-16-10-11(8-15-16)13-6-5-12(17-13)9-14-4-2/h5-6,8,10,14H,3-4,7,9H2,1-2H3. The molecule has 0 bridgehead atoms. The minimum atomic E-state index is 0.777. The van der Waals surface area contributed by atoms with E-state index < -0.39 is 0 Å². The molecular formula is C13H19N3O. The monoisotopic (exact) mass is 233 g/mol. The molecule has 1 N–H and O–H groups in total. The van der Waals surface area contributed by atoms with Gasteiger partial charge in [-0.15, -0.1) is 0 Å². The van der Waals surface area contributed by atoms with Crippen molar-refractivity contribution in [1.29, 1.82) is 0 Å². The van der Waals surface area contributed by atoms with Gasteiger partial charge in [-0.1, -0.05) is 13.8 Å². The van der Waals surface area contributed by atoms with Crippen molar-refractivity contribution in [3.8, 4) is 11.3 Å². The van der Waals surface area contributed by atoms with Crippen molar-refractivity contribution in [2.45, 2.75) is 33.4 Å². The number of nitrogens with zero attached hydrogens (tertiary/aromatic N) is 2.